The highest BCUT2D eigenvalue weighted by atomic mass is 79.9. The van der Waals surface area contributed by atoms with Gasteiger partial charge in [0.05, 0.1) is 19.6 Å². The zero-order valence-electron chi connectivity index (χ0n) is 11.9. The number of hydrogen-bond acceptors (Lipinski definition) is 3. The molecule has 1 heterocycles. The van der Waals surface area contributed by atoms with Crippen molar-refractivity contribution < 1.29 is 14.3 Å². The fourth-order valence-corrected chi connectivity index (χ4v) is 7.19. The van der Waals surface area contributed by atoms with Gasteiger partial charge in [0.2, 0.25) is 0 Å². The van der Waals surface area contributed by atoms with E-state index >= 15 is 0 Å². The molecular formula is C16H23BrO3. The standard InChI is InChI=1S/C16H23BrO3/c17-16-6-11-3-12(7-16)5-15(4-11,10-16)8-14(18)20-13-1-2-19-9-13/h11-13H,1-10H2. The van der Waals surface area contributed by atoms with Crippen LogP contribution in [-0.2, 0) is 14.3 Å². The molecule has 0 amide bonds. The third-order valence-electron chi connectivity index (χ3n) is 5.82. The van der Waals surface area contributed by atoms with E-state index in [4.69, 9.17) is 9.47 Å². The molecule has 4 aliphatic carbocycles. The highest BCUT2D eigenvalue weighted by molar-refractivity contribution is 9.10. The molecule has 3 atom stereocenters. The van der Waals surface area contributed by atoms with Gasteiger partial charge in [-0.25, -0.2) is 0 Å². The molecular weight excluding hydrogens is 320 g/mol. The number of carbonyl (C=O) groups excluding carboxylic acids is 1. The summed E-state index contributed by atoms with van der Waals surface area (Å²) >= 11 is 4.00. The van der Waals surface area contributed by atoms with Crippen molar-refractivity contribution in [2.24, 2.45) is 17.3 Å². The molecule has 5 aliphatic rings. The number of esters is 1. The van der Waals surface area contributed by atoms with Gasteiger partial charge in [0, 0.05) is 10.7 Å². The third kappa shape index (κ3) is 2.43. The van der Waals surface area contributed by atoms with E-state index in [0.29, 0.717) is 17.4 Å². The molecule has 20 heavy (non-hydrogen) atoms. The maximum Gasteiger partial charge on any atom is 0.306 e. The first-order valence-electron chi connectivity index (χ1n) is 8.00. The molecule has 0 aromatic heterocycles. The Hall–Kier alpha value is -0.0900. The molecule has 0 spiro atoms. The van der Waals surface area contributed by atoms with Crippen LogP contribution in [-0.4, -0.2) is 29.6 Å². The molecule has 4 saturated carbocycles. The van der Waals surface area contributed by atoms with Crippen molar-refractivity contribution in [2.45, 2.75) is 61.8 Å². The molecule has 3 unspecified atom stereocenters. The molecule has 4 heteroatoms. The summed E-state index contributed by atoms with van der Waals surface area (Å²) < 4.78 is 11.2. The van der Waals surface area contributed by atoms with Crippen LogP contribution in [0.5, 0.6) is 0 Å². The van der Waals surface area contributed by atoms with E-state index in [1.54, 1.807) is 0 Å². The van der Waals surface area contributed by atoms with Crippen LogP contribution in [0.1, 0.15) is 51.4 Å². The maximum absolute atomic E-state index is 12.3. The molecule has 1 saturated heterocycles. The second-order valence-electron chi connectivity index (χ2n) is 7.76. The van der Waals surface area contributed by atoms with Gasteiger partial charge in [-0.05, 0) is 55.8 Å². The Kier molecular flexibility index (Phi) is 3.19. The van der Waals surface area contributed by atoms with Crippen LogP contribution in [0, 0.1) is 17.3 Å². The minimum atomic E-state index is 0.00865. The number of rotatable bonds is 3. The SMILES string of the molecule is O=C(CC12CC3CC(CC(Br)(C3)C1)C2)OC1CCOC1. The molecule has 3 nitrogen and oxygen atoms in total. The number of alkyl halides is 1. The molecule has 0 radical (unpaired) electrons. The first-order valence-corrected chi connectivity index (χ1v) is 8.80. The first kappa shape index (κ1) is 13.6. The van der Waals surface area contributed by atoms with Crippen molar-refractivity contribution in [3.8, 4) is 0 Å². The summed E-state index contributed by atoms with van der Waals surface area (Å²) in [6.45, 7) is 1.32. The quantitative estimate of drug-likeness (QED) is 0.582. The molecule has 0 N–H and O–H groups in total. The lowest BCUT2D eigenvalue weighted by Gasteiger charge is -2.60. The van der Waals surface area contributed by atoms with Crippen molar-refractivity contribution in [3.05, 3.63) is 0 Å². The Morgan fingerprint density at radius 2 is 2.00 bits per heavy atom. The minimum absolute atomic E-state index is 0.00865. The highest BCUT2D eigenvalue weighted by Gasteiger charge is 2.57. The molecule has 0 aromatic rings. The van der Waals surface area contributed by atoms with Gasteiger partial charge < -0.3 is 9.47 Å². The average Bonchev–Trinajstić information content (AvgIpc) is 2.76. The summed E-state index contributed by atoms with van der Waals surface area (Å²) in [5.74, 6) is 1.68. The largest absolute Gasteiger partial charge is 0.460 e. The van der Waals surface area contributed by atoms with Gasteiger partial charge in [-0.2, -0.15) is 0 Å². The van der Waals surface area contributed by atoms with E-state index in [9.17, 15) is 4.79 Å². The minimum Gasteiger partial charge on any atom is -0.460 e. The molecule has 1 aliphatic heterocycles. The smallest absolute Gasteiger partial charge is 0.306 e. The number of halogens is 1. The summed E-state index contributed by atoms with van der Waals surface area (Å²) in [5, 5.41) is 0. The molecule has 5 fully saturated rings. The van der Waals surface area contributed by atoms with Gasteiger partial charge in [-0.3, -0.25) is 4.79 Å². The van der Waals surface area contributed by atoms with Crippen molar-refractivity contribution in [1.82, 2.24) is 0 Å². The summed E-state index contributed by atoms with van der Waals surface area (Å²) in [4.78, 5) is 12.3. The molecule has 0 aromatic carbocycles. The van der Waals surface area contributed by atoms with Crippen molar-refractivity contribution in [1.29, 1.82) is 0 Å². The second kappa shape index (κ2) is 4.70. The fraction of sp³-hybridized carbons (Fsp3) is 0.938. The van der Waals surface area contributed by atoms with Crippen LogP contribution in [0.25, 0.3) is 0 Å². The van der Waals surface area contributed by atoms with E-state index < -0.39 is 0 Å². The topological polar surface area (TPSA) is 35.5 Å². The van der Waals surface area contributed by atoms with Crippen molar-refractivity contribution in [2.75, 3.05) is 13.2 Å². The Balaban J connectivity index is 1.43. The lowest BCUT2D eigenvalue weighted by Crippen LogP contribution is -2.53. The number of hydrogen-bond donors (Lipinski definition) is 0. The van der Waals surface area contributed by atoms with Gasteiger partial charge in [0.1, 0.15) is 6.10 Å². The predicted molar refractivity (Wildman–Crippen MR) is 78.7 cm³/mol. The second-order valence-corrected chi connectivity index (χ2v) is 9.45. The highest BCUT2D eigenvalue weighted by Crippen LogP contribution is 2.65. The van der Waals surface area contributed by atoms with Crippen LogP contribution in [0.4, 0.5) is 0 Å². The van der Waals surface area contributed by atoms with Crippen LogP contribution < -0.4 is 0 Å². The van der Waals surface area contributed by atoms with Gasteiger partial charge in [-0.15, -0.1) is 0 Å². The van der Waals surface area contributed by atoms with Crippen molar-refractivity contribution >= 4 is 21.9 Å². The van der Waals surface area contributed by atoms with Gasteiger partial charge in [0.25, 0.3) is 0 Å². The first-order chi connectivity index (χ1) is 9.54. The Bertz CT molecular complexity index is 402. The van der Waals surface area contributed by atoms with Crippen LogP contribution in [0.2, 0.25) is 0 Å². The predicted octanol–water partition coefficient (Wildman–Crippen LogP) is 3.44. The number of carbonyl (C=O) groups is 1. The number of ether oxygens (including phenoxy) is 2. The summed E-state index contributed by atoms with van der Waals surface area (Å²) in [7, 11) is 0. The van der Waals surface area contributed by atoms with E-state index in [0.717, 1.165) is 24.9 Å². The summed E-state index contributed by atoms with van der Waals surface area (Å²) in [5.41, 5.74) is 0.226. The summed E-state index contributed by atoms with van der Waals surface area (Å²) in [6, 6.07) is 0. The van der Waals surface area contributed by atoms with Gasteiger partial charge in [-0.1, -0.05) is 15.9 Å². The van der Waals surface area contributed by atoms with E-state index in [2.05, 4.69) is 15.9 Å². The molecule has 5 rings (SSSR count). The molecule has 112 valence electrons. The fourth-order valence-electron chi connectivity index (χ4n) is 5.68. The van der Waals surface area contributed by atoms with Crippen LogP contribution >= 0.6 is 15.9 Å². The Morgan fingerprint density at radius 3 is 2.60 bits per heavy atom. The van der Waals surface area contributed by atoms with Crippen LogP contribution in [0.15, 0.2) is 0 Å². The van der Waals surface area contributed by atoms with Crippen molar-refractivity contribution in [3.63, 3.8) is 0 Å². The van der Waals surface area contributed by atoms with E-state index in [-0.39, 0.29) is 17.5 Å². The molecule has 4 bridgehead atoms. The lowest BCUT2D eigenvalue weighted by molar-refractivity contribution is -0.156. The average molecular weight is 343 g/mol. The Morgan fingerprint density at radius 1 is 1.25 bits per heavy atom. The van der Waals surface area contributed by atoms with E-state index in [1.807, 2.05) is 0 Å². The van der Waals surface area contributed by atoms with Gasteiger partial charge in [0.15, 0.2) is 0 Å². The zero-order valence-corrected chi connectivity index (χ0v) is 13.5. The Labute approximate surface area is 128 Å². The monoisotopic (exact) mass is 342 g/mol. The van der Waals surface area contributed by atoms with Gasteiger partial charge >= 0.3 is 5.97 Å². The normalized spacial score (nSPS) is 49.5. The third-order valence-corrected chi connectivity index (χ3v) is 6.74. The summed E-state index contributed by atoms with van der Waals surface area (Å²) in [6.07, 6.45) is 9.18. The maximum atomic E-state index is 12.3. The zero-order chi connectivity index (χ0) is 13.8. The van der Waals surface area contributed by atoms with Crippen LogP contribution in [0.3, 0.4) is 0 Å². The van der Waals surface area contributed by atoms with E-state index in [1.165, 1.54) is 38.5 Å². The lowest BCUT2D eigenvalue weighted by atomic mass is 9.49.